The van der Waals surface area contributed by atoms with Gasteiger partial charge in [0, 0.05) is 6.54 Å². The number of aliphatic hydroxyl groups excluding tert-OH is 2. The Morgan fingerprint density at radius 2 is 0.233 bits per heavy atom. The fourth-order valence-electron chi connectivity index (χ4n) is 19.5. The van der Waals surface area contributed by atoms with Gasteiger partial charge >= 0.3 is 0 Å². The van der Waals surface area contributed by atoms with Crippen molar-refractivity contribution >= 4 is 0 Å². The van der Waals surface area contributed by atoms with Gasteiger partial charge in [0.25, 0.3) is 23.4 Å². The van der Waals surface area contributed by atoms with E-state index in [9.17, 15) is 10.2 Å². The minimum Gasteiger partial charge on any atom is -0.390 e. The first-order chi connectivity index (χ1) is 63.8. The zero-order valence-electron chi connectivity index (χ0n) is 89.9. The molecule has 129 heavy (non-hydrogen) atoms. The number of hydrogen-bond acceptors (Lipinski definition) is 11. The number of unbranched alkanes of at least 4 members (excludes halogenated alkanes) is 85. The van der Waals surface area contributed by atoms with Crippen LogP contribution in [0.2, 0.25) is 0 Å². The van der Waals surface area contributed by atoms with Gasteiger partial charge in [-0.1, -0.05) is 608 Å². The third-order valence-electron chi connectivity index (χ3n) is 28.3. The van der Waals surface area contributed by atoms with E-state index in [0.29, 0.717) is 59.4 Å². The molecule has 0 fully saturated rings. The summed E-state index contributed by atoms with van der Waals surface area (Å²) in [6.07, 6.45) is 113. The molecule has 11 nitrogen and oxygen atoms in total. The average Bonchev–Trinajstić information content (AvgIpc) is 0.707. The van der Waals surface area contributed by atoms with Gasteiger partial charge in [-0.15, -0.1) is 0 Å². The highest BCUT2D eigenvalue weighted by atomic mass is 16.8. The second kappa shape index (κ2) is 105. The van der Waals surface area contributed by atoms with E-state index in [2.05, 4.69) is 67.2 Å². The molecule has 0 aliphatic carbocycles. The van der Waals surface area contributed by atoms with E-state index < -0.39 is 36.6 Å². The van der Waals surface area contributed by atoms with Crippen LogP contribution in [-0.2, 0) is 37.9 Å². The Hall–Kier alpha value is -0.440. The van der Waals surface area contributed by atoms with E-state index in [-0.39, 0.29) is 0 Å². The lowest BCUT2D eigenvalue weighted by atomic mass is 10.0. The predicted octanol–water partition coefficient (Wildman–Crippen LogP) is 39.0. The third-order valence-corrected chi connectivity index (χ3v) is 28.3. The first-order valence-electron chi connectivity index (χ1n) is 59.9. The molecule has 0 rings (SSSR count). The number of aliphatic hydroxyl groups is 2. The van der Waals surface area contributed by atoms with Gasteiger partial charge in [-0.3, -0.25) is 0 Å². The number of hydrogen-bond donors (Lipinski definition) is 2. The molecule has 0 amide bonds. The van der Waals surface area contributed by atoms with E-state index in [1.54, 1.807) is 0 Å². The van der Waals surface area contributed by atoms with Gasteiger partial charge in [0.15, 0.2) is 0 Å². The highest BCUT2D eigenvalue weighted by Gasteiger charge is 2.72. The predicted molar refractivity (Wildman–Crippen MR) is 564 cm³/mol. The molecule has 0 aromatic rings. The molecule has 0 saturated heterocycles. The molecule has 0 spiro atoms. The van der Waals surface area contributed by atoms with Crippen molar-refractivity contribution in [2.45, 2.75) is 689 Å². The van der Waals surface area contributed by atoms with Crippen LogP contribution < -0.4 is 0 Å². The Bertz CT molecular complexity index is 1820. The van der Waals surface area contributed by atoms with Crippen LogP contribution in [0.15, 0.2) is 0 Å². The molecule has 0 aromatic heterocycles. The van der Waals surface area contributed by atoms with Gasteiger partial charge in [0.1, 0.15) is 13.2 Å². The maximum atomic E-state index is 13.6. The standard InChI is InChI=1S/C118H239NO10/c1-10-19-28-37-46-55-64-65-66-67-68-77-86-95-104-119(117(126-109-100-91-82-73-60-51-42-33-24-15-6,127-110-101-92-83-74-61-52-43-34-25-16-7)115(113-120,122-105-96-87-78-69-56-47-38-29-20-11-2)123-106-97-88-79-70-57-48-39-30-21-12-3)118(128-111-102-93-84-75-62-53-44-35-26-17-8,129-112-103-94-85-76-63-54-45-36-27-18-9)116(114-121,124-107-98-89-80-71-58-49-40-31-22-13-4)125-108-99-90-81-72-59-50-41-32-23-14-5/h120-121H,10-114H2,1-9H3. The SMILES string of the molecule is CCCCCCCCCCCCCCCCN(C(OCCCCCCCCCCCC)(OCCCCCCCCCCCC)C(CO)(OCCCCCCCCCCCC)OCCCCCCCCCCCC)C(OCCCCCCCCCCCC)(OCCCCCCCCCCCC)C(CO)(OCCCCCCCCCCCC)OCCCCCCCCCCCC. The topological polar surface area (TPSA) is 118 Å². The van der Waals surface area contributed by atoms with Gasteiger partial charge in [-0.2, -0.15) is 4.90 Å². The highest BCUT2D eigenvalue weighted by Crippen LogP contribution is 2.49. The Kier molecular flexibility index (Phi) is 105. The Morgan fingerprint density at radius 3 is 0.349 bits per heavy atom. The highest BCUT2D eigenvalue weighted by molar-refractivity contribution is 5.01. The Balaban J connectivity index is 9.87. The van der Waals surface area contributed by atoms with Crippen molar-refractivity contribution in [2.24, 2.45) is 0 Å². The zero-order valence-corrected chi connectivity index (χ0v) is 89.9. The maximum Gasteiger partial charge on any atom is 0.294 e. The van der Waals surface area contributed by atoms with Crippen molar-refractivity contribution in [3.8, 4) is 0 Å². The maximum absolute atomic E-state index is 13.6. The molecule has 2 N–H and O–H groups in total. The Labute approximate surface area is 810 Å². The van der Waals surface area contributed by atoms with Crippen molar-refractivity contribution in [1.29, 1.82) is 0 Å². The summed E-state index contributed by atoms with van der Waals surface area (Å²) in [6.45, 7) is 23.0. The second-order valence-corrected chi connectivity index (χ2v) is 41.0. The molecule has 0 aliphatic heterocycles. The first kappa shape index (κ1) is 129. The first-order valence-corrected chi connectivity index (χ1v) is 59.9. The van der Waals surface area contributed by atoms with E-state index in [0.717, 1.165) is 173 Å². The summed E-state index contributed by atoms with van der Waals surface area (Å²) in [7, 11) is 0. The number of nitrogens with zero attached hydrogens (tertiary/aromatic N) is 1. The van der Waals surface area contributed by atoms with Crippen molar-refractivity contribution < 1.29 is 48.1 Å². The smallest absolute Gasteiger partial charge is 0.294 e. The van der Waals surface area contributed by atoms with Crippen molar-refractivity contribution in [1.82, 2.24) is 4.90 Å². The normalized spacial score (nSPS) is 12.5. The molecule has 0 bridgehead atoms. The lowest BCUT2D eigenvalue weighted by Crippen LogP contribution is -2.82. The molecule has 776 valence electrons. The quantitative estimate of drug-likeness (QED) is 0.0448. The van der Waals surface area contributed by atoms with Gasteiger partial charge < -0.3 is 48.1 Å². The minimum atomic E-state index is -2.01. The van der Waals surface area contributed by atoms with Crippen LogP contribution >= 0.6 is 0 Å². The van der Waals surface area contributed by atoms with Gasteiger partial charge in [-0.05, 0) is 57.8 Å². The third kappa shape index (κ3) is 75.2. The van der Waals surface area contributed by atoms with Crippen LogP contribution in [0.1, 0.15) is 666 Å². The van der Waals surface area contributed by atoms with E-state index >= 15 is 0 Å². The van der Waals surface area contributed by atoms with Crippen LogP contribution in [0.5, 0.6) is 0 Å². The van der Waals surface area contributed by atoms with Gasteiger partial charge in [0.2, 0.25) is 0 Å². The summed E-state index contributed by atoms with van der Waals surface area (Å²) in [5.41, 5.74) is 0. The average molecular weight is 1830 g/mol. The summed E-state index contributed by atoms with van der Waals surface area (Å²) < 4.78 is 64.8. The number of ether oxygens (including phenoxy) is 8. The fourth-order valence-corrected chi connectivity index (χ4v) is 19.5. The van der Waals surface area contributed by atoms with Crippen molar-refractivity contribution in [3.05, 3.63) is 0 Å². The molecular weight excluding hydrogens is 1590 g/mol. The fraction of sp³-hybridized carbons (Fsp3) is 1.00. The zero-order chi connectivity index (χ0) is 93.5. The van der Waals surface area contributed by atoms with E-state index in [4.69, 9.17) is 37.9 Å². The minimum absolute atomic E-state index is 0.340. The van der Waals surface area contributed by atoms with Crippen LogP contribution in [0.25, 0.3) is 0 Å². The summed E-state index contributed by atoms with van der Waals surface area (Å²) in [5, 5.41) is 27.2. The second-order valence-electron chi connectivity index (χ2n) is 41.0. The molecule has 11 heteroatoms. The summed E-state index contributed by atoms with van der Waals surface area (Å²) in [5.74, 6) is -7.85. The molecular formula is C118H239NO10. The lowest BCUT2D eigenvalue weighted by molar-refractivity contribution is -0.545. The molecule has 0 unspecified atom stereocenters. The van der Waals surface area contributed by atoms with Crippen molar-refractivity contribution in [2.75, 3.05) is 72.6 Å². The van der Waals surface area contributed by atoms with Crippen LogP contribution in [-0.4, -0.2) is 111 Å². The summed E-state index contributed by atoms with van der Waals surface area (Å²) >= 11 is 0. The summed E-state index contributed by atoms with van der Waals surface area (Å²) in [4.78, 5) is 2.28. The lowest BCUT2D eigenvalue weighted by Gasteiger charge is -2.60. The van der Waals surface area contributed by atoms with E-state index in [1.165, 1.54) is 430 Å². The Morgan fingerprint density at radius 1 is 0.132 bits per heavy atom. The van der Waals surface area contributed by atoms with Gasteiger partial charge in [-0.25, -0.2) is 0 Å². The van der Waals surface area contributed by atoms with Gasteiger partial charge in [0.05, 0.1) is 52.9 Å². The largest absolute Gasteiger partial charge is 0.390 e. The molecule has 0 atom stereocenters. The molecule has 0 saturated carbocycles. The molecule has 0 aromatic carbocycles. The van der Waals surface area contributed by atoms with E-state index in [1.807, 2.05) is 0 Å². The summed E-state index contributed by atoms with van der Waals surface area (Å²) in [6, 6.07) is 0. The number of rotatable bonds is 117. The molecule has 0 aliphatic rings. The monoisotopic (exact) mass is 1830 g/mol. The van der Waals surface area contributed by atoms with Crippen molar-refractivity contribution in [3.63, 3.8) is 0 Å². The molecule has 0 radical (unpaired) electrons. The molecule has 0 heterocycles. The van der Waals surface area contributed by atoms with Crippen LogP contribution in [0, 0.1) is 0 Å². The van der Waals surface area contributed by atoms with Crippen LogP contribution in [0.4, 0.5) is 0 Å². The van der Waals surface area contributed by atoms with Crippen LogP contribution in [0.3, 0.4) is 0 Å².